The number of amides is 1. The van der Waals surface area contributed by atoms with E-state index < -0.39 is 29.1 Å². The van der Waals surface area contributed by atoms with Crippen molar-refractivity contribution in [2.45, 2.75) is 31.8 Å². The topological polar surface area (TPSA) is 128 Å². The summed E-state index contributed by atoms with van der Waals surface area (Å²) in [6, 6.07) is 11.6. The summed E-state index contributed by atoms with van der Waals surface area (Å²) in [4.78, 5) is 36.6. The van der Waals surface area contributed by atoms with Crippen molar-refractivity contribution in [1.29, 1.82) is 1.43 Å². The first-order valence-corrected chi connectivity index (χ1v) is 9.49. The number of rotatable bonds is 8. The van der Waals surface area contributed by atoms with Gasteiger partial charge in [-0.1, -0.05) is 12.1 Å². The molecule has 0 radical (unpaired) electrons. The van der Waals surface area contributed by atoms with Crippen LogP contribution in [0.2, 0.25) is 0 Å². The Balaban J connectivity index is 1.58. The summed E-state index contributed by atoms with van der Waals surface area (Å²) in [7, 11) is 1.55. The van der Waals surface area contributed by atoms with Crippen LogP contribution >= 0.6 is 0 Å². The van der Waals surface area contributed by atoms with Gasteiger partial charge in [0.1, 0.15) is 25.0 Å². The number of nitro benzene ring substituents is 1. The van der Waals surface area contributed by atoms with E-state index in [0.29, 0.717) is 11.3 Å². The number of aliphatic hydroxyl groups excluding tert-OH is 1. The molecule has 2 aromatic rings. The van der Waals surface area contributed by atoms with Crippen molar-refractivity contribution in [3.63, 3.8) is 0 Å². The maximum absolute atomic E-state index is 12.6. The van der Waals surface area contributed by atoms with Crippen LogP contribution in [0.15, 0.2) is 48.5 Å². The fraction of sp³-hybridized carbons (Fsp3) is 0.333. The van der Waals surface area contributed by atoms with Gasteiger partial charge in [0.25, 0.3) is 5.69 Å². The Morgan fingerprint density at radius 3 is 2.32 bits per heavy atom. The van der Waals surface area contributed by atoms with E-state index in [4.69, 9.17) is 15.6 Å². The number of methoxy groups -OCH3 is 1. The predicted octanol–water partition coefficient (Wildman–Crippen LogP) is 2.42. The Bertz CT molecular complexity index is 951. The van der Waals surface area contributed by atoms with Crippen LogP contribution in [0.4, 0.5) is 10.5 Å². The van der Waals surface area contributed by atoms with Gasteiger partial charge < -0.3 is 19.3 Å². The Kier molecular flexibility index (Phi) is 6.58. The maximum Gasteiger partial charge on any atom is 0.410 e. The van der Waals surface area contributed by atoms with Gasteiger partial charge in [-0.15, -0.1) is 0 Å². The molecular formula is C21H22N2O8. The summed E-state index contributed by atoms with van der Waals surface area (Å²) in [6.07, 6.45) is -1.31. The molecule has 1 saturated heterocycles. The molecule has 1 fully saturated rings. The molecule has 164 valence electrons. The number of ether oxygens (including phenoxy) is 3. The Hall–Kier alpha value is -3.66. The predicted molar refractivity (Wildman–Crippen MR) is 107 cm³/mol. The second-order valence-corrected chi connectivity index (χ2v) is 6.96. The van der Waals surface area contributed by atoms with Gasteiger partial charge in [0.05, 0.1) is 24.7 Å². The molecule has 10 nitrogen and oxygen atoms in total. The number of esters is 1. The number of non-ortho nitro benzene ring substituents is 1. The lowest BCUT2D eigenvalue weighted by Crippen LogP contribution is -2.41. The maximum atomic E-state index is 12.6. The van der Waals surface area contributed by atoms with Gasteiger partial charge in [-0.05, 0) is 35.4 Å². The third-order valence-electron chi connectivity index (χ3n) is 4.82. The van der Waals surface area contributed by atoms with E-state index in [-0.39, 0.29) is 31.9 Å². The van der Waals surface area contributed by atoms with Crippen molar-refractivity contribution in [3.8, 4) is 5.75 Å². The highest BCUT2D eigenvalue weighted by molar-refractivity contribution is 5.82. The van der Waals surface area contributed by atoms with Crippen molar-refractivity contribution >= 4 is 17.7 Å². The summed E-state index contributed by atoms with van der Waals surface area (Å²) >= 11 is 0. The number of nitrogens with zero attached hydrogens (tertiary/aromatic N) is 2. The van der Waals surface area contributed by atoms with E-state index in [0.717, 1.165) is 5.56 Å². The molecule has 1 aliphatic rings. The highest BCUT2D eigenvalue weighted by atomic mass is 16.6. The number of carbonyl (C=O) groups is 2. The minimum atomic E-state index is -0.951. The molecule has 2 aromatic carbocycles. The number of hydrogen-bond acceptors (Lipinski definition) is 8. The molecule has 0 bridgehead atoms. The molecule has 1 heterocycles. The van der Waals surface area contributed by atoms with Crippen molar-refractivity contribution in [2.24, 2.45) is 0 Å². The largest absolute Gasteiger partial charge is 0.497 e. The van der Waals surface area contributed by atoms with E-state index in [9.17, 15) is 19.7 Å². The number of benzene rings is 2. The van der Waals surface area contributed by atoms with E-state index in [2.05, 4.69) is 5.11 Å². The van der Waals surface area contributed by atoms with E-state index in [1.54, 1.807) is 31.4 Å². The normalized spacial score (nSPS) is 18.2. The summed E-state index contributed by atoms with van der Waals surface area (Å²) in [5.74, 6) is 0.0425. The summed E-state index contributed by atoms with van der Waals surface area (Å²) in [5.41, 5.74) is 1.22. The molecular weight excluding hydrogens is 408 g/mol. The summed E-state index contributed by atoms with van der Waals surface area (Å²) in [5, 5.41) is 15.3. The van der Waals surface area contributed by atoms with E-state index in [1.165, 1.54) is 29.2 Å². The van der Waals surface area contributed by atoms with Gasteiger partial charge in [-0.2, -0.15) is 0 Å². The first kappa shape index (κ1) is 20.6. The van der Waals surface area contributed by atoms with Crippen LogP contribution in [-0.4, -0.2) is 54.2 Å². The molecule has 0 spiro atoms. The third kappa shape index (κ3) is 5.70. The Labute approximate surface area is 179 Å². The molecule has 0 saturated carbocycles. The monoisotopic (exact) mass is 431 g/mol. The lowest BCUT2D eigenvalue weighted by molar-refractivity contribution is -0.384. The van der Waals surface area contributed by atoms with Gasteiger partial charge in [-0.25, -0.2) is 9.59 Å². The molecule has 10 heteroatoms. The number of β-amino-alcohol motifs (C(OH)–C–C–N with tert-alkyl or cyclic N) is 1. The van der Waals surface area contributed by atoms with Crippen LogP contribution < -0.4 is 4.74 Å². The average molecular weight is 431 g/mol. The number of likely N-dealkylation sites (tertiary alicyclic amines) is 1. The molecule has 31 heavy (non-hydrogen) atoms. The van der Waals surface area contributed by atoms with Gasteiger partial charge in [0.15, 0.2) is 0 Å². The summed E-state index contributed by atoms with van der Waals surface area (Å²) in [6.45, 7) is -0.115. The second-order valence-electron chi connectivity index (χ2n) is 6.96. The van der Waals surface area contributed by atoms with Crippen LogP contribution in [0.3, 0.4) is 0 Å². The molecule has 2 atom stereocenters. The summed E-state index contributed by atoms with van der Waals surface area (Å²) < 4.78 is 22.8. The van der Waals surface area contributed by atoms with E-state index in [1.807, 2.05) is 0 Å². The zero-order valence-electron chi connectivity index (χ0n) is 17.8. The highest BCUT2D eigenvalue weighted by Crippen LogP contribution is 2.22. The quantitative estimate of drug-likeness (QED) is 0.383. The van der Waals surface area contributed by atoms with Crippen LogP contribution in [0, 0.1) is 10.1 Å². The van der Waals surface area contributed by atoms with Crippen LogP contribution in [-0.2, 0) is 27.5 Å². The molecule has 1 N–H and O–H groups in total. The van der Waals surface area contributed by atoms with Gasteiger partial charge in [-0.3, -0.25) is 15.0 Å². The molecule has 0 unspecified atom stereocenters. The lowest BCUT2D eigenvalue weighted by Gasteiger charge is -2.22. The van der Waals surface area contributed by atoms with Gasteiger partial charge in [0, 0.05) is 18.6 Å². The average Bonchev–Trinajstić information content (AvgIpc) is 3.26. The van der Waals surface area contributed by atoms with Crippen LogP contribution in [0.5, 0.6) is 5.75 Å². The zero-order valence-corrected chi connectivity index (χ0v) is 16.8. The van der Waals surface area contributed by atoms with Crippen molar-refractivity contribution in [2.75, 3.05) is 13.7 Å². The number of nitro groups is 1. The molecule has 0 aliphatic carbocycles. The standard InChI is InChI=1S/C21H22N2O8/c1-29-18-8-4-15(5-9-18)12-30-20(25)19-10-17(24)11-22(19)21(26)31-13-14-2-6-16(7-3-14)23(27)28/h2-9,17,19,24H,10-13H2,1H3/t17-,19-/m0/s1/i24D. The highest BCUT2D eigenvalue weighted by Gasteiger charge is 2.41. The van der Waals surface area contributed by atoms with Crippen molar-refractivity contribution in [1.82, 2.24) is 4.90 Å². The van der Waals surface area contributed by atoms with Crippen molar-refractivity contribution < 1.29 is 33.8 Å². The minimum absolute atomic E-state index is 0.00486. The van der Waals surface area contributed by atoms with Gasteiger partial charge in [0.2, 0.25) is 1.43 Å². The number of hydrogen-bond donors (Lipinski definition) is 1. The smallest absolute Gasteiger partial charge is 0.410 e. The van der Waals surface area contributed by atoms with E-state index >= 15 is 0 Å². The van der Waals surface area contributed by atoms with Crippen LogP contribution in [0.1, 0.15) is 17.5 Å². The SMILES string of the molecule is [2H]O[C@H]1C[C@@H](C(=O)OCc2ccc(OC)cc2)N(C(=O)OCc2ccc([N+](=O)[O-])cc2)C1. The lowest BCUT2D eigenvalue weighted by atomic mass is 10.2. The number of carbonyl (C=O) groups excluding carboxylic acids is 2. The second kappa shape index (κ2) is 9.90. The fourth-order valence-corrected chi connectivity index (χ4v) is 3.14. The van der Waals surface area contributed by atoms with Gasteiger partial charge >= 0.3 is 12.1 Å². The molecule has 1 aliphatic heterocycles. The first-order valence-electron chi connectivity index (χ1n) is 9.90. The number of aliphatic hydroxyl groups is 1. The molecule has 3 rings (SSSR count). The zero-order chi connectivity index (χ0) is 23.1. The molecule has 1 amide bonds. The minimum Gasteiger partial charge on any atom is -0.497 e. The Morgan fingerprint density at radius 1 is 1.13 bits per heavy atom. The fourth-order valence-electron chi connectivity index (χ4n) is 3.14. The third-order valence-corrected chi connectivity index (χ3v) is 4.82. The Morgan fingerprint density at radius 2 is 1.74 bits per heavy atom. The van der Waals surface area contributed by atoms with Crippen molar-refractivity contribution in [3.05, 3.63) is 69.8 Å². The molecule has 0 aromatic heterocycles. The first-order chi connectivity index (χ1) is 15.4. The van der Waals surface area contributed by atoms with Crippen LogP contribution in [0.25, 0.3) is 0 Å².